The minimum Gasteiger partial charge on any atom is -0.351 e. The molecule has 2 aliphatic rings. The number of amides is 2. The van der Waals surface area contributed by atoms with Crippen LogP contribution < -0.4 is 10.6 Å². The lowest BCUT2D eigenvalue weighted by atomic mass is 10.1. The zero-order valence-electron chi connectivity index (χ0n) is 12.1. The van der Waals surface area contributed by atoms with Crippen molar-refractivity contribution in [3.63, 3.8) is 0 Å². The lowest BCUT2D eigenvalue weighted by Crippen LogP contribution is -2.72. The number of fused-ring (bicyclic) bond motifs is 1. The first-order valence-electron chi connectivity index (χ1n) is 6.99. The Labute approximate surface area is 114 Å². The molecule has 2 unspecified atom stereocenters. The molecule has 6 nitrogen and oxygen atoms in total. The van der Waals surface area contributed by atoms with Crippen molar-refractivity contribution in [1.29, 1.82) is 0 Å². The number of nitrogens with zero attached hydrogens (tertiary/aromatic N) is 2. The average Bonchev–Trinajstić information content (AvgIpc) is 2.32. The van der Waals surface area contributed by atoms with E-state index in [1.807, 2.05) is 13.8 Å². The lowest BCUT2D eigenvalue weighted by Gasteiger charge is -2.50. The number of rotatable bonds is 3. The summed E-state index contributed by atoms with van der Waals surface area (Å²) in [5, 5.41) is 6.15. The van der Waals surface area contributed by atoms with Gasteiger partial charge in [0, 0.05) is 18.6 Å². The van der Waals surface area contributed by atoms with Gasteiger partial charge in [-0.15, -0.1) is 0 Å². The summed E-state index contributed by atoms with van der Waals surface area (Å²) in [4.78, 5) is 28.0. The van der Waals surface area contributed by atoms with Crippen LogP contribution in [0.4, 0.5) is 0 Å². The smallest absolute Gasteiger partial charge is 0.242 e. The van der Waals surface area contributed by atoms with Gasteiger partial charge < -0.3 is 15.5 Å². The van der Waals surface area contributed by atoms with Crippen molar-refractivity contribution < 1.29 is 9.59 Å². The van der Waals surface area contributed by atoms with Crippen LogP contribution in [0.25, 0.3) is 0 Å². The maximum absolute atomic E-state index is 12.5. The molecule has 2 heterocycles. The molecule has 0 aliphatic carbocycles. The average molecular weight is 268 g/mol. The summed E-state index contributed by atoms with van der Waals surface area (Å²) in [6.45, 7) is 9.70. The summed E-state index contributed by atoms with van der Waals surface area (Å²) in [5.41, 5.74) is 0. The number of hydrogen-bond donors (Lipinski definition) is 2. The molecule has 0 aromatic rings. The first-order valence-corrected chi connectivity index (χ1v) is 6.99. The maximum Gasteiger partial charge on any atom is 0.242 e. The molecule has 19 heavy (non-hydrogen) atoms. The van der Waals surface area contributed by atoms with E-state index in [4.69, 9.17) is 0 Å². The zero-order valence-corrected chi connectivity index (χ0v) is 12.1. The molecule has 0 aromatic carbocycles. The Hall–Kier alpha value is -1.14. The summed E-state index contributed by atoms with van der Waals surface area (Å²) >= 11 is 0. The zero-order chi connectivity index (χ0) is 14.2. The van der Waals surface area contributed by atoms with Crippen molar-refractivity contribution in [1.82, 2.24) is 20.4 Å². The van der Waals surface area contributed by atoms with Gasteiger partial charge >= 0.3 is 0 Å². The Kier molecular flexibility index (Phi) is 4.10. The first kappa shape index (κ1) is 14.3. The minimum atomic E-state index is -0.218. The Morgan fingerprint density at radius 1 is 1.26 bits per heavy atom. The van der Waals surface area contributed by atoms with Gasteiger partial charge in [-0.25, -0.2) is 0 Å². The largest absolute Gasteiger partial charge is 0.351 e. The van der Waals surface area contributed by atoms with E-state index < -0.39 is 0 Å². The van der Waals surface area contributed by atoms with E-state index in [0.717, 1.165) is 0 Å². The van der Waals surface area contributed by atoms with Crippen LogP contribution in [0.1, 0.15) is 27.7 Å². The third-order valence-electron chi connectivity index (χ3n) is 3.71. The normalized spacial score (nSPS) is 28.8. The van der Waals surface area contributed by atoms with E-state index in [2.05, 4.69) is 29.4 Å². The minimum absolute atomic E-state index is 0.00425. The molecule has 2 amide bonds. The van der Waals surface area contributed by atoms with Gasteiger partial charge in [0.1, 0.15) is 18.8 Å². The fourth-order valence-electron chi connectivity index (χ4n) is 2.84. The van der Waals surface area contributed by atoms with E-state index in [1.165, 1.54) is 0 Å². The van der Waals surface area contributed by atoms with Gasteiger partial charge in [-0.3, -0.25) is 14.5 Å². The monoisotopic (exact) mass is 268 g/mol. The third kappa shape index (κ3) is 2.90. The van der Waals surface area contributed by atoms with E-state index in [0.29, 0.717) is 19.1 Å². The van der Waals surface area contributed by atoms with Crippen LogP contribution in [0.5, 0.6) is 0 Å². The lowest BCUT2D eigenvalue weighted by molar-refractivity contribution is -0.157. The molecule has 2 saturated heterocycles. The van der Waals surface area contributed by atoms with Gasteiger partial charge in [-0.1, -0.05) is 13.8 Å². The van der Waals surface area contributed by atoms with Gasteiger partial charge in [0.2, 0.25) is 11.8 Å². The number of carbonyl (C=O) groups excluding carboxylic acids is 2. The van der Waals surface area contributed by atoms with Crippen LogP contribution in [0.2, 0.25) is 0 Å². The highest BCUT2D eigenvalue weighted by Crippen LogP contribution is 2.20. The molecule has 2 aliphatic heterocycles. The van der Waals surface area contributed by atoms with E-state index in [1.54, 1.807) is 4.90 Å². The fourth-order valence-corrected chi connectivity index (χ4v) is 2.84. The summed E-state index contributed by atoms with van der Waals surface area (Å²) in [6.07, 6.45) is -0.00425. The SMILES string of the molecule is CC(C)NC1CN(C(C)C)C2CNC(=O)CN2C1=O. The Morgan fingerprint density at radius 3 is 2.53 bits per heavy atom. The summed E-state index contributed by atoms with van der Waals surface area (Å²) in [5.74, 6) is -0.0241. The van der Waals surface area contributed by atoms with Gasteiger partial charge in [-0.2, -0.15) is 0 Å². The molecule has 0 saturated carbocycles. The molecule has 2 fully saturated rings. The van der Waals surface area contributed by atoms with Crippen molar-refractivity contribution in [2.24, 2.45) is 0 Å². The summed E-state index contributed by atoms with van der Waals surface area (Å²) in [7, 11) is 0. The van der Waals surface area contributed by atoms with Crippen LogP contribution in [0.3, 0.4) is 0 Å². The van der Waals surface area contributed by atoms with Crippen LogP contribution in [0, 0.1) is 0 Å². The fraction of sp³-hybridized carbons (Fsp3) is 0.846. The van der Waals surface area contributed by atoms with Crippen LogP contribution in [0.15, 0.2) is 0 Å². The molecule has 0 spiro atoms. The molecular weight excluding hydrogens is 244 g/mol. The van der Waals surface area contributed by atoms with E-state index >= 15 is 0 Å². The number of nitrogens with one attached hydrogen (secondary N) is 2. The van der Waals surface area contributed by atoms with Crippen molar-refractivity contribution in [3.8, 4) is 0 Å². The highest BCUT2D eigenvalue weighted by atomic mass is 16.2. The van der Waals surface area contributed by atoms with Crippen LogP contribution >= 0.6 is 0 Å². The quantitative estimate of drug-likeness (QED) is 0.715. The van der Waals surface area contributed by atoms with E-state index in [-0.39, 0.29) is 36.6 Å². The topological polar surface area (TPSA) is 64.7 Å². The predicted octanol–water partition coefficient (Wildman–Crippen LogP) is -0.638. The second-order valence-electron chi connectivity index (χ2n) is 5.92. The molecule has 6 heteroatoms. The van der Waals surface area contributed by atoms with Crippen molar-refractivity contribution in [2.75, 3.05) is 19.6 Å². The molecule has 0 radical (unpaired) electrons. The number of carbonyl (C=O) groups is 2. The van der Waals surface area contributed by atoms with Crippen molar-refractivity contribution in [3.05, 3.63) is 0 Å². The molecule has 2 atom stereocenters. The Morgan fingerprint density at radius 2 is 1.95 bits per heavy atom. The molecule has 0 aromatic heterocycles. The second-order valence-corrected chi connectivity index (χ2v) is 5.92. The first-order chi connectivity index (χ1) is 8.90. The van der Waals surface area contributed by atoms with E-state index in [9.17, 15) is 9.59 Å². The highest BCUT2D eigenvalue weighted by Gasteiger charge is 2.43. The maximum atomic E-state index is 12.5. The number of piperazine rings is 1. The van der Waals surface area contributed by atoms with Crippen LogP contribution in [-0.4, -0.2) is 65.5 Å². The number of hydrogen-bond acceptors (Lipinski definition) is 4. The molecular formula is C13H24N4O2. The Balaban J connectivity index is 2.19. The molecule has 2 rings (SSSR count). The molecule has 108 valence electrons. The molecule has 2 N–H and O–H groups in total. The summed E-state index contributed by atoms with van der Waals surface area (Å²) < 4.78 is 0. The van der Waals surface area contributed by atoms with Gasteiger partial charge in [-0.05, 0) is 13.8 Å². The standard InChI is InChI=1S/C13H24N4O2/c1-8(2)15-10-6-16(9(3)4)12-5-14-11(18)7-17(12)13(10)19/h8-10,12,15H,5-7H2,1-4H3,(H,14,18). The van der Waals surface area contributed by atoms with Gasteiger partial charge in [0.25, 0.3) is 0 Å². The van der Waals surface area contributed by atoms with Crippen molar-refractivity contribution in [2.45, 2.75) is 52.0 Å². The predicted molar refractivity (Wildman–Crippen MR) is 72.4 cm³/mol. The van der Waals surface area contributed by atoms with Crippen molar-refractivity contribution >= 4 is 11.8 Å². The van der Waals surface area contributed by atoms with Gasteiger partial charge in [0.15, 0.2) is 0 Å². The third-order valence-corrected chi connectivity index (χ3v) is 3.71. The highest BCUT2D eigenvalue weighted by molar-refractivity contribution is 5.89. The molecule has 0 bridgehead atoms. The summed E-state index contributed by atoms with van der Waals surface area (Å²) in [6, 6.07) is 0.370. The van der Waals surface area contributed by atoms with Gasteiger partial charge in [0.05, 0.1) is 6.54 Å². The Bertz CT molecular complexity index is 370. The van der Waals surface area contributed by atoms with Crippen LogP contribution in [-0.2, 0) is 9.59 Å². The second kappa shape index (κ2) is 5.46.